The monoisotopic (exact) mass is 369 g/mol. The molecule has 0 aliphatic carbocycles. The lowest BCUT2D eigenvalue weighted by atomic mass is 10.2. The minimum absolute atomic E-state index is 0.0940. The van der Waals surface area contributed by atoms with Gasteiger partial charge in [-0.15, -0.1) is 0 Å². The number of carbonyl (C=O) groups is 1. The number of hydrogen-bond donors (Lipinski definition) is 1. The standard InChI is InChI=1S/C14H12BrNO4S/c1-20-14(17)12-7-2-3-8-13(12)16-21(18,19)11-6-4-5-10(15)9-11/h2-9,16H,1H3. The molecule has 0 atom stereocenters. The van der Waals surface area contributed by atoms with Gasteiger partial charge in [0.05, 0.1) is 23.3 Å². The third-order valence-electron chi connectivity index (χ3n) is 2.68. The molecule has 0 radical (unpaired) electrons. The second-order valence-electron chi connectivity index (χ2n) is 4.10. The summed E-state index contributed by atoms with van der Waals surface area (Å²) in [6, 6.07) is 12.5. The highest BCUT2D eigenvalue weighted by Gasteiger charge is 2.18. The first-order valence-electron chi connectivity index (χ1n) is 5.90. The van der Waals surface area contributed by atoms with Gasteiger partial charge >= 0.3 is 5.97 Å². The molecule has 1 N–H and O–H groups in total. The summed E-state index contributed by atoms with van der Waals surface area (Å²) in [7, 11) is -2.55. The molecule has 0 unspecified atom stereocenters. The fourth-order valence-corrected chi connectivity index (χ4v) is 3.37. The van der Waals surface area contributed by atoms with Crippen molar-refractivity contribution in [1.82, 2.24) is 0 Å². The number of esters is 1. The zero-order valence-corrected chi connectivity index (χ0v) is 13.4. The Morgan fingerprint density at radius 1 is 1.14 bits per heavy atom. The lowest BCUT2D eigenvalue weighted by molar-refractivity contribution is 0.0602. The number of rotatable bonds is 4. The molecule has 0 saturated heterocycles. The quantitative estimate of drug-likeness (QED) is 0.840. The maximum Gasteiger partial charge on any atom is 0.339 e. The molecule has 5 nitrogen and oxygen atoms in total. The maximum absolute atomic E-state index is 12.3. The third-order valence-corrected chi connectivity index (χ3v) is 4.54. The van der Waals surface area contributed by atoms with E-state index in [1.807, 2.05) is 0 Å². The van der Waals surface area contributed by atoms with Crippen LogP contribution in [-0.2, 0) is 14.8 Å². The average molecular weight is 370 g/mol. The number of carbonyl (C=O) groups excluding carboxylic acids is 1. The number of sulfonamides is 1. The molecule has 110 valence electrons. The predicted octanol–water partition coefficient (Wildman–Crippen LogP) is 3.04. The van der Waals surface area contributed by atoms with E-state index in [2.05, 4.69) is 25.4 Å². The highest BCUT2D eigenvalue weighted by molar-refractivity contribution is 9.10. The van der Waals surface area contributed by atoms with Crippen LogP contribution in [0, 0.1) is 0 Å². The first-order chi connectivity index (χ1) is 9.94. The van der Waals surface area contributed by atoms with Crippen LogP contribution in [0.2, 0.25) is 0 Å². The summed E-state index contributed by atoms with van der Waals surface area (Å²) in [6.07, 6.45) is 0. The van der Waals surface area contributed by atoms with Gasteiger partial charge in [-0.3, -0.25) is 4.72 Å². The predicted molar refractivity (Wildman–Crippen MR) is 82.7 cm³/mol. The fourth-order valence-electron chi connectivity index (χ4n) is 1.70. The molecule has 0 aliphatic heterocycles. The summed E-state index contributed by atoms with van der Waals surface area (Å²) < 4.78 is 32.3. The molecule has 0 spiro atoms. The van der Waals surface area contributed by atoms with E-state index in [-0.39, 0.29) is 16.1 Å². The van der Waals surface area contributed by atoms with Crippen LogP contribution in [0.25, 0.3) is 0 Å². The van der Waals surface area contributed by atoms with Crippen molar-refractivity contribution < 1.29 is 17.9 Å². The van der Waals surface area contributed by atoms with E-state index in [9.17, 15) is 13.2 Å². The summed E-state index contributed by atoms with van der Waals surface area (Å²) in [5, 5.41) is 0. The van der Waals surface area contributed by atoms with Crippen molar-refractivity contribution in [2.45, 2.75) is 4.90 Å². The number of benzene rings is 2. The van der Waals surface area contributed by atoms with Crippen LogP contribution in [0.15, 0.2) is 57.9 Å². The van der Waals surface area contributed by atoms with Crippen molar-refractivity contribution in [1.29, 1.82) is 0 Å². The van der Waals surface area contributed by atoms with Gasteiger partial charge in [-0.1, -0.05) is 34.1 Å². The lowest BCUT2D eigenvalue weighted by Gasteiger charge is -2.11. The molecule has 0 aromatic heterocycles. The van der Waals surface area contributed by atoms with Crippen LogP contribution < -0.4 is 4.72 Å². The van der Waals surface area contributed by atoms with E-state index in [0.717, 1.165) is 0 Å². The van der Waals surface area contributed by atoms with Gasteiger partial charge in [-0.05, 0) is 30.3 Å². The molecule has 2 aromatic rings. The van der Waals surface area contributed by atoms with Crippen molar-refractivity contribution >= 4 is 37.6 Å². The molecule has 7 heteroatoms. The van der Waals surface area contributed by atoms with E-state index < -0.39 is 16.0 Å². The van der Waals surface area contributed by atoms with Crippen molar-refractivity contribution in [2.24, 2.45) is 0 Å². The summed E-state index contributed by atoms with van der Waals surface area (Å²) in [4.78, 5) is 11.7. The van der Waals surface area contributed by atoms with E-state index in [4.69, 9.17) is 0 Å². The molecular weight excluding hydrogens is 358 g/mol. The number of nitrogens with one attached hydrogen (secondary N) is 1. The second-order valence-corrected chi connectivity index (χ2v) is 6.70. The summed E-state index contributed by atoms with van der Waals surface area (Å²) in [5.41, 5.74) is 0.322. The van der Waals surface area contributed by atoms with E-state index >= 15 is 0 Å². The van der Waals surface area contributed by atoms with Gasteiger partial charge in [0.15, 0.2) is 0 Å². The van der Waals surface area contributed by atoms with Crippen LogP contribution >= 0.6 is 15.9 Å². The average Bonchev–Trinajstić information content (AvgIpc) is 2.46. The molecule has 0 amide bonds. The summed E-state index contributed by atoms with van der Waals surface area (Å²) >= 11 is 3.22. The molecule has 0 bridgehead atoms. The molecule has 2 rings (SSSR count). The third kappa shape index (κ3) is 3.62. The Morgan fingerprint density at radius 3 is 2.52 bits per heavy atom. The van der Waals surface area contributed by atoms with Gasteiger partial charge in [0.2, 0.25) is 0 Å². The van der Waals surface area contributed by atoms with Crippen molar-refractivity contribution in [3.05, 3.63) is 58.6 Å². The summed E-state index contributed by atoms with van der Waals surface area (Å²) in [5.74, 6) is -0.609. The minimum Gasteiger partial charge on any atom is -0.465 e. The van der Waals surface area contributed by atoms with Crippen molar-refractivity contribution in [3.63, 3.8) is 0 Å². The van der Waals surface area contributed by atoms with Crippen LogP contribution in [-0.4, -0.2) is 21.5 Å². The Balaban J connectivity index is 2.40. The van der Waals surface area contributed by atoms with Gasteiger partial charge in [-0.2, -0.15) is 0 Å². The van der Waals surface area contributed by atoms with Crippen LogP contribution in [0.4, 0.5) is 5.69 Å². The Morgan fingerprint density at radius 2 is 1.86 bits per heavy atom. The van der Waals surface area contributed by atoms with E-state index in [1.54, 1.807) is 24.3 Å². The van der Waals surface area contributed by atoms with Gasteiger partial charge in [0, 0.05) is 4.47 Å². The maximum atomic E-state index is 12.3. The van der Waals surface area contributed by atoms with Gasteiger partial charge in [-0.25, -0.2) is 13.2 Å². The topological polar surface area (TPSA) is 72.5 Å². The Hall–Kier alpha value is -1.86. The summed E-state index contributed by atoms with van der Waals surface area (Å²) in [6.45, 7) is 0. The van der Waals surface area contributed by atoms with Gasteiger partial charge in [0.1, 0.15) is 0 Å². The van der Waals surface area contributed by atoms with Crippen LogP contribution in [0.5, 0.6) is 0 Å². The van der Waals surface area contributed by atoms with E-state index in [0.29, 0.717) is 4.47 Å². The highest BCUT2D eigenvalue weighted by atomic mass is 79.9. The second kappa shape index (κ2) is 6.28. The molecule has 0 heterocycles. The molecule has 21 heavy (non-hydrogen) atoms. The first-order valence-corrected chi connectivity index (χ1v) is 8.17. The molecule has 2 aromatic carbocycles. The van der Waals surface area contributed by atoms with Crippen molar-refractivity contribution in [3.8, 4) is 0 Å². The molecule has 0 fully saturated rings. The Bertz CT molecular complexity index is 774. The smallest absolute Gasteiger partial charge is 0.339 e. The van der Waals surface area contributed by atoms with Gasteiger partial charge in [0.25, 0.3) is 10.0 Å². The number of ether oxygens (including phenoxy) is 1. The Labute approximate surface area is 131 Å². The van der Waals surface area contributed by atoms with E-state index in [1.165, 1.54) is 31.4 Å². The number of anilines is 1. The number of methoxy groups -OCH3 is 1. The zero-order valence-electron chi connectivity index (χ0n) is 11.0. The lowest BCUT2D eigenvalue weighted by Crippen LogP contribution is -2.16. The fraction of sp³-hybridized carbons (Fsp3) is 0.0714. The highest BCUT2D eigenvalue weighted by Crippen LogP contribution is 2.22. The van der Waals surface area contributed by atoms with Crippen LogP contribution in [0.3, 0.4) is 0 Å². The van der Waals surface area contributed by atoms with Gasteiger partial charge < -0.3 is 4.74 Å². The molecule has 0 aliphatic rings. The normalized spacial score (nSPS) is 11.0. The minimum atomic E-state index is -3.79. The largest absolute Gasteiger partial charge is 0.465 e. The first kappa shape index (κ1) is 15.5. The number of hydrogen-bond acceptors (Lipinski definition) is 4. The molecular formula is C14H12BrNO4S. The Kier molecular flexibility index (Phi) is 4.64. The zero-order chi connectivity index (χ0) is 15.5. The molecule has 0 saturated carbocycles. The number of para-hydroxylation sites is 1. The van der Waals surface area contributed by atoms with Crippen LogP contribution in [0.1, 0.15) is 10.4 Å². The SMILES string of the molecule is COC(=O)c1ccccc1NS(=O)(=O)c1cccc(Br)c1. The van der Waals surface area contributed by atoms with Crippen molar-refractivity contribution in [2.75, 3.05) is 11.8 Å². The number of halogens is 1.